The number of methoxy groups -OCH3 is 2. The minimum Gasteiger partial charge on any atom is -0.349 e. The van der Waals surface area contributed by atoms with E-state index in [1.54, 1.807) is 0 Å². The fourth-order valence-electron chi connectivity index (χ4n) is 1.19. The highest BCUT2D eigenvalue weighted by Crippen LogP contribution is 2.31. The van der Waals surface area contributed by atoms with E-state index in [-0.39, 0.29) is 11.5 Å². The van der Waals surface area contributed by atoms with Gasteiger partial charge in [0, 0.05) is 19.9 Å². The van der Waals surface area contributed by atoms with E-state index in [1.165, 1.54) is 21.1 Å². The third kappa shape index (κ3) is 2.48. The zero-order chi connectivity index (χ0) is 11.6. The molecule has 0 spiro atoms. The average molecular weight is 224 g/mol. The summed E-state index contributed by atoms with van der Waals surface area (Å²) in [5.74, 6) is 0.00447. The van der Waals surface area contributed by atoms with Crippen LogP contribution in [0.1, 0.15) is 23.5 Å². The predicted octanol–water partition coefficient (Wildman–Crippen LogP) is 2.03. The number of nitrogens with zero attached hydrogens (tertiary/aromatic N) is 1. The Hall–Kier alpha value is -1.08. The summed E-state index contributed by atoms with van der Waals surface area (Å²) < 4.78 is 46.7. The second-order valence-electron chi connectivity index (χ2n) is 2.90. The first-order valence-electron chi connectivity index (χ1n) is 4.09. The Balaban J connectivity index is 3.05. The third-order valence-corrected chi connectivity index (χ3v) is 1.82. The number of halogens is 3. The summed E-state index contributed by atoms with van der Waals surface area (Å²) >= 11 is 0. The molecule has 0 aliphatic carbocycles. The van der Waals surface area contributed by atoms with Crippen molar-refractivity contribution < 1.29 is 22.6 Å². The molecule has 1 N–H and O–H groups in total. The van der Waals surface area contributed by atoms with Crippen molar-refractivity contribution in [3.05, 3.63) is 17.2 Å². The van der Waals surface area contributed by atoms with E-state index < -0.39 is 18.2 Å². The maximum Gasteiger partial charge on any atom is 0.435 e. The van der Waals surface area contributed by atoms with Gasteiger partial charge in [-0.1, -0.05) is 0 Å². The van der Waals surface area contributed by atoms with Crippen LogP contribution >= 0.6 is 0 Å². The van der Waals surface area contributed by atoms with Crippen LogP contribution in [0.25, 0.3) is 0 Å². The van der Waals surface area contributed by atoms with Gasteiger partial charge in [0.05, 0.1) is 0 Å². The van der Waals surface area contributed by atoms with Crippen LogP contribution in [0.4, 0.5) is 13.2 Å². The van der Waals surface area contributed by atoms with Crippen molar-refractivity contribution in [2.24, 2.45) is 0 Å². The van der Waals surface area contributed by atoms with E-state index in [0.29, 0.717) is 0 Å². The van der Waals surface area contributed by atoms with Crippen LogP contribution < -0.4 is 0 Å². The Kier molecular flexibility index (Phi) is 3.35. The molecule has 0 aliphatic rings. The molecule has 86 valence electrons. The van der Waals surface area contributed by atoms with Gasteiger partial charge in [0.2, 0.25) is 6.29 Å². The lowest BCUT2D eigenvalue weighted by molar-refractivity contribution is -0.142. The lowest BCUT2D eigenvalue weighted by atomic mass is 10.3. The normalized spacial score (nSPS) is 12.5. The fourth-order valence-corrected chi connectivity index (χ4v) is 1.19. The highest BCUT2D eigenvalue weighted by atomic mass is 19.4. The van der Waals surface area contributed by atoms with Gasteiger partial charge in [0.25, 0.3) is 0 Å². The van der Waals surface area contributed by atoms with Crippen LogP contribution in [0.2, 0.25) is 0 Å². The molecule has 1 aromatic rings. The first kappa shape index (κ1) is 12.0. The van der Waals surface area contributed by atoms with E-state index >= 15 is 0 Å². The Bertz CT molecular complexity index is 331. The second-order valence-corrected chi connectivity index (χ2v) is 2.90. The van der Waals surface area contributed by atoms with E-state index in [1.807, 2.05) is 0 Å². The number of aromatic nitrogens is 2. The molecule has 0 aromatic carbocycles. The molecule has 1 heterocycles. The molecule has 0 bridgehead atoms. The molecule has 0 unspecified atom stereocenters. The fraction of sp³-hybridized carbons (Fsp3) is 0.625. The average Bonchev–Trinajstić information content (AvgIpc) is 2.49. The molecular weight excluding hydrogens is 213 g/mol. The zero-order valence-electron chi connectivity index (χ0n) is 8.47. The summed E-state index contributed by atoms with van der Waals surface area (Å²) in [6.45, 7) is 1.29. The highest BCUT2D eigenvalue weighted by molar-refractivity contribution is 5.16. The number of aryl methyl sites for hydroxylation is 1. The van der Waals surface area contributed by atoms with Crippen molar-refractivity contribution in [2.45, 2.75) is 19.4 Å². The topological polar surface area (TPSA) is 47.1 Å². The number of alkyl halides is 3. The van der Waals surface area contributed by atoms with Gasteiger partial charge in [0.1, 0.15) is 0 Å². The van der Waals surface area contributed by atoms with Gasteiger partial charge in [-0.25, -0.2) is 4.98 Å². The minimum atomic E-state index is -4.47. The number of imidazole rings is 1. The van der Waals surface area contributed by atoms with Crippen LogP contribution in [0.3, 0.4) is 0 Å². The Morgan fingerprint density at radius 2 is 1.80 bits per heavy atom. The van der Waals surface area contributed by atoms with Gasteiger partial charge < -0.3 is 14.5 Å². The summed E-state index contributed by atoms with van der Waals surface area (Å²) in [5.41, 5.74) is -1.01. The summed E-state index contributed by atoms with van der Waals surface area (Å²) in [7, 11) is 2.64. The maximum atomic E-state index is 12.4. The van der Waals surface area contributed by atoms with E-state index in [2.05, 4.69) is 9.97 Å². The van der Waals surface area contributed by atoms with E-state index in [0.717, 1.165) is 0 Å². The summed E-state index contributed by atoms with van der Waals surface area (Å²) in [6.07, 6.45) is -5.38. The van der Waals surface area contributed by atoms with Crippen LogP contribution in [0.15, 0.2) is 0 Å². The molecule has 0 atom stereocenters. The molecule has 1 aromatic heterocycles. The smallest absolute Gasteiger partial charge is 0.349 e. The molecule has 4 nitrogen and oxygen atoms in total. The first-order chi connectivity index (χ1) is 6.90. The number of hydrogen-bond donors (Lipinski definition) is 1. The van der Waals surface area contributed by atoms with Gasteiger partial charge in [-0.3, -0.25) is 0 Å². The number of hydrogen-bond acceptors (Lipinski definition) is 3. The number of nitrogens with one attached hydrogen (secondary N) is 1. The van der Waals surface area contributed by atoms with Crippen LogP contribution in [0.5, 0.6) is 0 Å². The minimum absolute atomic E-state index is 0.00447. The second kappa shape index (κ2) is 4.19. The molecule has 0 saturated heterocycles. The maximum absolute atomic E-state index is 12.4. The summed E-state index contributed by atoms with van der Waals surface area (Å²) in [6, 6.07) is 0. The van der Waals surface area contributed by atoms with Gasteiger partial charge in [-0.15, -0.1) is 0 Å². The highest BCUT2D eigenvalue weighted by Gasteiger charge is 2.36. The standard InChI is InChI=1S/C8H11F3N2O2/c1-4-5(8(9,10)11)13-6(12-4)7(14-2)15-3/h7H,1-3H3,(H,12,13). The SMILES string of the molecule is COC(OC)c1nc(C(F)(F)F)c(C)[nH]1. The molecule has 1 rings (SSSR count). The molecule has 0 saturated carbocycles. The molecule has 0 fully saturated rings. The van der Waals surface area contributed by atoms with Crippen LogP contribution in [-0.4, -0.2) is 24.2 Å². The first-order valence-corrected chi connectivity index (χ1v) is 4.09. The lowest BCUT2D eigenvalue weighted by Crippen LogP contribution is -2.09. The third-order valence-electron chi connectivity index (χ3n) is 1.82. The van der Waals surface area contributed by atoms with Crippen molar-refractivity contribution in [3.63, 3.8) is 0 Å². The summed E-state index contributed by atoms with van der Waals surface area (Å²) in [4.78, 5) is 5.86. The largest absolute Gasteiger partial charge is 0.435 e. The molecule has 15 heavy (non-hydrogen) atoms. The number of H-pyrrole nitrogens is 1. The van der Waals surface area contributed by atoms with Crippen molar-refractivity contribution in [2.75, 3.05) is 14.2 Å². The van der Waals surface area contributed by atoms with Gasteiger partial charge in [0.15, 0.2) is 11.5 Å². The molecule has 0 amide bonds. The van der Waals surface area contributed by atoms with Gasteiger partial charge >= 0.3 is 6.18 Å². The summed E-state index contributed by atoms with van der Waals surface area (Å²) in [5, 5.41) is 0. The number of aromatic amines is 1. The van der Waals surface area contributed by atoms with Gasteiger partial charge in [-0.2, -0.15) is 13.2 Å². The molecular formula is C8H11F3N2O2. The Labute approximate surface area is 84.4 Å². The van der Waals surface area contributed by atoms with Crippen molar-refractivity contribution in [3.8, 4) is 0 Å². The monoisotopic (exact) mass is 224 g/mol. The van der Waals surface area contributed by atoms with Crippen molar-refractivity contribution in [1.29, 1.82) is 0 Å². The van der Waals surface area contributed by atoms with Crippen molar-refractivity contribution >= 4 is 0 Å². The van der Waals surface area contributed by atoms with E-state index in [4.69, 9.17) is 9.47 Å². The quantitative estimate of drug-likeness (QED) is 0.799. The zero-order valence-corrected chi connectivity index (χ0v) is 8.47. The Morgan fingerprint density at radius 1 is 1.27 bits per heavy atom. The lowest BCUT2D eigenvalue weighted by Gasteiger charge is -2.09. The molecule has 0 aliphatic heterocycles. The number of ether oxygens (including phenoxy) is 2. The predicted molar refractivity (Wildman–Crippen MR) is 45.1 cm³/mol. The van der Waals surface area contributed by atoms with Gasteiger partial charge in [-0.05, 0) is 6.92 Å². The number of rotatable bonds is 3. The van der Waals surface area contributed by atoms with Crippen LogP contribution in [-0.2, 0) is 15.7 Å². The van der Waals surface area contributed by atoms with Crippen LogP contribution in [0, 0.1) is 6.92 Å². The van der Waals surface area contributed by atoms with E-state index in [9.17, 15) is 13.2 Å². The molecule has 7 heteroatoms. The molecule has 0 radical (unpaired) electrons. The Morgan fingerprint density at radius 3 is 2.13 bits per heavy atom. The van der Waals surface area contributed by atoms with Crippen molar-refractivity contribution in [1.82, 2.24) is 9.97 Å².